The van der Waals surface area contributed by atoms with Crippen molar-refractivity contribution in [2.75, 3.05) is 24.5 Å². The number of nitrogens with zero attached hydrogens (tertiary/aromatic N) is 3. The van der Waals surface area contributed by atoms with Crippen LogP contribution in [0.15, 0.2) is 54.9 Å². The van der Waals surface area contributed by atoms with Crippen molar-refractivity contribution < 1.29 is 9.72 Å². The first-order chi connectivity index (χ1) is 13.6. The maximum absolute atomic E-state index is 11.9. The van der Waals surface area contributed by atoms with E-state index in [1.54, 1.807) is 30.6 Å². The molecule has 1 N–H and O–H groups in total. The first-order valence-electron chi connectivity index (χ1n) is 9.47. The lowest BCUT2D eigenvalue weighted by Gasteiger charge is -2.21. The number of hydrogen-bond donors (Lipinski definition) is 1. The summed E-state index contributed by atoms with van der Waals surface area (Å²) in [6.45, 7) is 2.54. The third-order valence-electron chi connectivity index (χ3n) is 5.67. The number of nitrogens with one attached hydrogen (secondary N) is 1. The Labute approximate surface area is 163 Å². The molecule has 0 spiro atoms. The molecule has 1 aromatic heterocycles. The van der Waals surface area contributed by atoms with E-state index in [2.05, 4.69) is 15.2 Å². The van der Waals surface area contributed by atoms with Gasteiger partial charge >= 0.3 is 0 Å². The second-order valence-corrected chi connectivity index (χ2v) is 7.37. The van der Waals surface area contributed by atoms with E-state index in [0.29, 0.717) is 24.3 Å². The van der Waals surface area contributed by atoms with Gasteiger partial charge in [0, 0.05) is 55.9 Å². The number of pyridine rings is 1. The molecule has 2 aliphatic rings. The molecule has 1 saturated carbocycles. The second kappa shape index (κ2) is 7.80. The van der Waals surface area contributed by atoms with Crippen LogP contribution in [0.1, 0.15) is 12.0 Å². The minimum absolute atomic E-state index is 0.0899. The molecule has 1 aromatic carbocycles. The van der Waals surface area contributed by atoms with Crippen LogP contribution < -0.4 is 10.2 Å². The lowest BCUT2D eigenvalue weighted by atomic mass is 10.1. The molecule has 3 atom stereocenters. The van der Waals surface area contributed by atoms with Gasteiger partial charge in [0.25, 0.3) is 5.69 Å². The molecule has 0 bridgehead atoms. The van der Waals surface area contributed by atoms with Crippen molar-refractivity contribution in [1.82, 2.24) is 10.3 Å². The van der Waals surface area contributed by atoms with E-state index in [0.717, 1.165) is 30.8 Å². The van der Waals surface area contributed by atoms with Crippen LogP contribution in [0.4, 0.5) is 11.4 Å². The molecule has 1 unspecified atom stereocenters. The van der Waals surface area contributed by atoms with Crippen LogP contribution >= 0.6 is 0 Å². The van der Waals surface area contributed by atoms with Gasteiger partial charge in [-0.25, -0.2) is 0 Å². The number of benzene rings is 1. The summed E-state index contributed by atoms with van der Waals surface area (Å²) in [6.07, 6.45) is 7.68. The number of piperidine rings is 1. The predicted octanol–water partition coefficient (Wildman–Crippen LogP) is 2.89. The van der Waals surface area contributed by atoms with E-state index in [1.165, 1.54) is 12.1 Å². The number of non-ortho nitro benzene ring substituents is 1. The van der Waals surface area contributed by atoms with Crippen molar-refractivity contribution in [3.05, 3.63) is 70.5 Å². The number of aromatic nitrogens is 1. The highest BCUT2D eigenvalue weighted by atomic mass is 16.6. The maximum atomic E-state index is 11.9. The SMILES string of the molecule is O=C(/C=C/c1cccnc1)NCCC1[C@H]2CN(c3cccc([N+](=O)[O-])c3)C[C@@H]12. The van der Waals surface area contributed by atoms with E-state index < -0.39 is 0 Å². The van der Waals surface area contributed by atoms with Gasteiger partial charge in [-0.05, 0) is 47.9 Å². The van der Waals surface area contributed by atoms with Crippen molar-refractivity contribution in [2.45, 2.75) is 6.42 Å². The predicted molar refractivity (Wildman–Crippen MR) is 107 cm³/mol. The summed E-state index contributed by atoms with van der Waals surface area (Å²) in [5, 5.41) is 13.9. The largest absolute Gasteiger partial charge is 0.371 e. The fourth-order valence-electron chi connectivity index (χ4n) is 4.16. The van der Waals surface area contributed by atoms with Crippen molar-refractivity contribution in [3.63, 3.8) is 0 Å². The van der Waals surface area contributed by atoms with Gasteiger partial charge in [-0.3, -0.25) is 19.9 Å². The number of nitro groups is 1. The molecule has 4 rings (SSSR count). The summed E-state index contributed by atoms with van der Waals surface area (Å²) in [7, 11) is 0. The summed E-state index contributed by atoms with van der Waals surface area (Å²) in [4.78, 5) is 28.7. The molecule has 2 heterocycles. The summed E-state index contributed by atoms with van der Waals surface area (Å²) in [6, 6.07) is 10.6. The van der Waals surface area contributed by atoms with Crippen molar-refractivity contribution in [1.29, 1.82) is 0 Å². The molecular weight excluding hydrogens is 356 g/mol. The van der Waals surface area contributed by atoms with Crippen molar-refractivity contribution in [2.24, 2.45) is 17.8 Å². The summed E-state index contributed by atoms with van der Waals surface area (Å²) >= 11 is 0. The van der Waals surface area contributed by atoms with Crippen molar-refractivity contribution >= 4 is 23.4 Å². The summed E-state index contributed by atoms with van der Waals surface area (Å²) < 4.78 is 0. The average molecular weight is 378 g/mol. The van der Waals surface area contributed by atoms with Gasteiger partial charge in [-0.2, -0.15) is 0 Å². The Morgan fingerprint density at radius 2 is 2.11 bits per heavy atom. The van der Waals surface area contributed by atoms with Gasteiger partial charge < -0.3 is 10.2 Å². The number of hydrogen-bond acceptors (Lipinski definition) is 5. The highest BCUT2D eigenvalue weighted by Gasteiger charge is 2.54. The number of rotatable bonds is 7. The monoisotopic (exact) mass is 378 g/mol. The van der Waals surface area contributed by atoms with Gasteiger partial charge in [0.2, 0.25) is 5.91 Å². The Kier molecular flexibility index (Phi) is 5.06. The van der Waals surface area contributed by atoms with Crippen LogP contribution in [0.25, 0.3) is 6.08 Å². The van der Waals surface area contributed by atoms with E-state index >= 15 is 0 Å². The topological polar surface area (TPSA) is 88.4 Å². The highest BCUT2D eigenvalue weighted by molar-refractivity contribution is 5.91. The number of nitro benzene ring substituents is 1. The lowest BCUT2D eigenvalue weighted by molar-refractivity contribution is -0.384. The molecular formula is C21H22N4O3. The minimum atomic E-state index is -0.353. The van der Waals surface area contributed by atoms with Gasteiger partial charge in [-0.15, -0.1) is 0 Å². The van der Waals surface area contributed by atoms with E-state index in [1.807, 2.05) is 18.2 Å². The summed E-state index contributed by atoms with van der Waals surface area (Å²) in [5.74, 6) is 1.80. The molecule has 1 amide bonds. The Balaban J connectivity index is 1.20. The lowest BCUT2D eigenvalue weighted by Crippen LogP contribution is -2.26. The zero-order valence-electron chi connectivity index (χ0n) is 15.4. The smallest absolute Gasteiger partial charge is 0.271 e. The second-order valence-electron chi connectivity index (χ2n) is 7.37. The van der Waals surface area contributed by atoms with Gasteiger partial charge in [0.05, 0.1) is 4.92 Å². The Bertz CT molecular complexity index is 888. The third kappa shape index (κ3) is 4.03. The highest BCUT2D eigenvalue weighted by Crippen LogP contribution is 2.54. The fraction of sp³-hybridized carbons (Fsp3) is 0.333. The zero-order valence-corrected chi connectivity index (χ0v) is 15.4. The van der Waals surface area contributed by atoms with Crippen LogP contribution in [-0.4, -0.2) is 35.4 Å². The summed E-state index contributed by atoms with van der Waals surface area (Å²) in [5.41, 5.74) is 1.96. The average Bonchev–Trinajstić information content (AvgIpc) is 3.16. The number of carbonyl (C=O) groups is 1. The number of fused-ring (bicyclic) bond motifs is 1. The molecule has 1 aliphatic carbocycles. The number of amides is 1. The van der Waals surface area contributed by atoms with E-state index in [-0.39, 0.29) is 16.5 Å². The van der Waals surface area contributed by atoms with Crippen molar-refractivity contribution in [3.8, 4) is 0 Å². The standard InChI is InChI=1S/C21H22N4O3/c26-21(7-6-15-3-2-9-22-12-15)23-10-8-18-19-13-24(14-20(18)19)16-4-1-5-17(11-16)25(27)28/h1-7,9,11-12,18-20H,8,10,13-14H2,(H,23,26)/b7-6+/t18?,19-,20+. The van der Waals surface area contributed by atoms with E-state index in [9.17, 15) is 14.9 Å². The molecule has 0 radical (unpaired) electrons. The Morgan fingerprint density at radius 3 is 2.82 bits per heavy atom. The van der Waals surface area contributed by atoms with Crippen LogP contribution in [0.3, 0.4) is 0 Å². The molecule has 7 heteroatoms. The zero-order chi connectivity index (χ0) is 19.5. The van der Waals surface area contributed by atoms with Crippen LogP contribution in [-0.2, 0) is 4.79 Å². The van der Waals surface area contributed by atoms with Crippen LogP contribution in [0.2, 0.25) is 0 Å². The molecule has 144 valence electrons. The van der Waals surface area contributed by atoms with Crippen LogP contribution in [0.5, 0.6) is 0 Å². The maximum Gasteiger partial charge on any atom is 0.271 e. The number of carbonyl (C=O) groups excluding carboxylic acids is 1. The Morgan fingerprint density at radius 1 is 1.29 bits per heavy atom. The third-order valence-corrected chi connectivity index (χ3v) is 5.67. The minimum Gasteiger partial charge on any atom is -0.371 e. The molecule has 2 aromatic rings. The van der Waals surface area contributed by atoms with Gasteiger partial charge in [0.15, 0.2) is 0 Å². The quantitative estimate of drug-likeness (QED) is 0.455. The van der Waals surface area contributed by atoms with Gasteiger partial charge in [0.1, 0.15) is 0 Å². The molecule has 28 heavy (non-hydrogen) atoms. The molecule has 1 saturated heterocycles. The first kappa shape index (κ1) is 18.2. The first-order valence-corrected chi connectivity index (χ1v) is 9.47. The van der Waals surface area contributed by atoms with E-state index in [4.69, 9.17) is 0 Å². The normalized spacial score (nSPS) is 22.9. The fourth-order valence-corrected chi connectivity index (χ4v) is 4.16. The van der Waals surface area contributed by atoms with Crippen LogP contribution in [0, 0.1) is 27.9 Å². The molecule has 7 nitrogen and oxygen atoms in total. The molecule has 1 aliphatic heterocycles. The number of anilines is 1. The Hall–Kier alpha value is -3.22. The molecule has 2 fully saturated rings. The van der Waals surface area contributed by atoms with Gasteiger partial charge in [-0.1, -0.05) is 12.1 Å².